The van der Waals surface area contributed by atoms with Crippen molar-refractivity contribution in [3.05, 3.63) is 35.9 Å². The average molecular weight is 289 g/mol. The number of rotatable bonds is 3. The van der Waals surface area contributed by atoms with Gasteiger partial charge in [-0.25, -0.2) is 0 Å². The molecule has 2 fully saturated rings. The topological polar surface area (TPSA) is 49.8 Å². The lowest BCUT2D eigenvalue weighted by molar-refractivity contribution is -0.143. The molecule has 1 saturated carbocycles. The van der Waals surface area contributed by atoms with E-state index in [0.29, 0.717) is 39.1 Å². The molecule has 1 atom stereocenters. The quantitative estimate of drug-likeness (QED) is 0.925. The minimum atomic E-state index is -0.892. The fraction of sp³-hybridized carbons (Fsp3) is 0.588. The summed E-state index contributed by atoms with van der Waals surface area (Å²) in [7, 11) is 0. The first-order chi connectivity index (χ1) is 10.2. The van der Waals surface area contributed by atoms with E-state index in [2.05, 4.69) is 0 Å². The molecular weight excluding hydrogens is 266 g/mol. The van der Waals surface area contributed by atoms with Gasteiger partial charge in [0.2, 0.25) is 5.91 Å². The van der Waals surface area contributed by atoms with Crippen molar-refractivity contribution >= 4 is 5.91 Å². The molecule has 1 aliphatic carbocycles. The second-order valence-corrected chi connectivity index (χ2v) is 6.09. The molecule has 4 nitrogen and oxygen atoms in total. The maximum absolute atomic E-state index is 13.0. The molecule has 0 bridgehead atoms. The zero-order valence-electron chi connectivity index (χ0n) is 12.3. The zero-order valence-corrected chi connectivity index (χ0v) is 12.3. The zero-order chi connectivity index (χ0) is 14.7. The predicted octanol–water partition coefficient (Wildman–Crippen LogP) is 1.93. The van der Waals surface area contributed by atoms with E-state index in [4.69, 9.17) is 4.74 Å². The van der Waals surface area contributed by atoms with Crippen LogP contribution in [0.4, 0.5) is 0 Å². The third kappa shape index (κ3) is 2.97. The first-order valence-corrected chi connectivity index (χ1v) is 7.84. The molecule has 114 valence electrons. The Morgan fingerprint density at radius 1 is 1.14 bits per heavy atom. The van der Waals surface area contributed by atoms with Crippen LogP contribution in [0.3, 0.4) is 0 Å². The van der Waals surface area contributed by atoms with Gasteiger partial charge < -0.3 is 14.7 Å². The van der Waals surface area contributed by atoms with Gasteiger partial charge in [-0.15, -0.1) is 0 Å². The summed E-state index contributed by atoms with van der Waals surface area (Å²) < 4.78 is 5.33. The van der Waals surface area contributed by atoms with E-state index in [0.717, 1.165) is 18.4 Å². The summed E-state index contributed by atoms with van der Waals surface area (Å²) in [5.74, 6) is -0.395. The van der Waals surface area contributed by atoms with Gasteiger partial charge in [-0.1, -0.05) is 43.2 Å². The smallest absolute Gasteiger partial charge is 0.233 e. The van der Waals surface area contributed by atoms with Crippen molar-refractivity contribution in [2.24, 2.45) is 0 Å². The molecule has 0 spiro atoms. The van der Waals surface area contributed by atoms with E-state index >= 15 is 0 Å². The molecule has 3 rings (SSSR count). The number of hydrogen-bond donors (Lipinski definition) is 1. The average Bonchev–Trinajstić information content (AvgIpc) is 2.96. The second-order valence-electron chi connectivity index (χ2n) is 6.09. The summed E-state index contributed by atoms with van der Waals surface area (Å²) >= 11 is 0. The summed E-state index contributed by atoms with van der Waals surface area (Å²) in [6.07, 6.45) is 3.41. The Morgan fingerprint density at radius 3 is 2.38 bits per heavy atom. The maximum Gasteiger partial charge on any atom is 0.233 e. The largest absolute Gasteiger partial charge is 0.389 e. The van der Waals surface area contributed by atoms with Crippen molar-refractivity contribution < 1.29 is 14.6 Å². The van der Waals surface area contributed by atoms with Gasteiger partial charge in [0.1, 0.15) is 0 Å². The molecule has 1 aliphatic heterocycles. The first-order valence-electron chi connectivity index (χ1n) is 7.84. The third-order valence-corrected chi connectivity index (χ3v) is 4.71. The standard InChI is InChI=1S/C17H23NO3/c19-16(18-10-12-21-13-11-18)15(14-6-2-1-3-7-14)17(20)8-4-5-9-17/h1-3,6-7,15,20H,4-5,8-13H2. The van der Waals surface area contributed by atoms with Gasteiger partial charge in [0, 0.05) is 13.1 Å². The maximum atomic E-state index is 13.0. The molecule has 1 aromatic carbocycles. The van der Waals surface area contributed by atoms with Gasteiger partial charge >= 0.3 is 0 Å². The fourth-order valence-corrected chi connectivity index (χ4v) is 3.57. The van der Waals surface area contributed by atoms with Crippen LogP contribution in [-0.4, -0.2) is 47.8 Å². The molecule has 1 N–H and O–H groups in total. The van der Waals surface area contributed by atoms with Crippen LogP contribution in [0.2, 0.25) is 0 Å². The molecule has 1 saturated heterocycles. The third-order valence-electron chi connectivity index (χ3n) is 4.71. The Bertz CT molecular complexity index is 476. The number of carbonyl (C=O) groups is 1. The number of benzene rings is 1. The minimum Gasteiger partial charge on any atom is -0.389 e. The Balaban J connectivity index is 1.90. The number of carbonyl (C=O) groups excluding carboxylic acids is 1. The number of amides is 1. The van der Waals surface area contributed by atoms with Crippen molar-refractivity contribution in [2.75, 3.05) is 26.3 Å². The SMILES string of the molecule is O=C(C(c1ccccc1)C1(O)CCCC1)N1CCOCC1. The van der Waals surface area contributed by atoms with Crippen LogP contribution < -0.4 is 0 Å². The molecule has 1 unspecified atom stereocenters. The fourth-order valence-electron chi connectivity index (χ4n) is 3.57. The van der Waals surface area contributed by atoms with Crippen molar-refractivity contribution in [1.82, 2.24) is 4.90 Å². The Morgan fingerprint density at radius 2 is 1.76 bits per heavy atom. The van der Waals surface area contributed by atoms with Crippen molar-refractivity contribution in [1.29, 1.82) is 0 Å². The van der Waals surface area contributed by atoms with Gasteiger partial charge in [-0.05, 0) is 18.4 Å². The lowest BCUT2D eigenvalue weighted by Crippen LogP contribution is -2.49. The van der Waals surface area contributed by atoms with Crippen molar-refractivity contribution in [3.8, 4) is 0 Å². The molecule has 4 heteroatoms. The van der Waals surface area contributed by atoms with Crippen LogP contribution >= 0.6 is 0 Å². The lowest BCUT2D eigenvalue weighted by Gasteiger charge is -2.37. The van der Waals surface area contributed by atoms with E-state index in [1.165, 1.54) is 0 Å². The van der Waals surface area contributed by atoms with Crippen molar-refractivity contribution in [3.63, 3.8) is 0 Å². The highest BCUT2D eigenvalue weighted by Crippen LogP contribution is 2.42. The van der Waals surface area contributed by atoms with E-state index < -0.39 is 11.5 Å². The van der Waals surface area contributed by atoms with Gasteiger partial charge in [0.15, 0.2) is 0 Å². The summed E-state index contributed by atoms with van der Waals surface area (Å²) in [5.41, 5.74) is 0.0369. The van der Waals surface area contributed by atoms with Gasteiger partial charge in [0.05, 0.1) is 24.7 Å². The molecular formula is C17H23NO3. The molecule has 21 heavy (non-hydrogen) atoms. The Kier molecular flexibility index (Phi) is 4.27. The highest BCUT2D eigenvalue weighted by molar-refractivity contribution is 5.85. The molecule has 0 radical (unpaired) electrons. The van der Waals surface area contributed by atoms with Crippen LogP contribution in [0.15, 0.2) is 30.3 Å². The van der Waals surface area contributed by atoms with Gasteiger partial charge in [-0.2, -0.15) is 0 Å². The highest BCUT2D eigenvalue weighted by Gasteiger charge is 2.45. The number of morpholine rings is 1. The summed E-state index contributed by atoms with van der Waals surface area (Å²) in [4.78, 5) is 14.8. The molecule has 1 amide bonds. The van der Waals surface area contributed by atoms with Crippen LogP contribution in [0.25, 0.3) is 0 Å². The summed E-state index contributed by atoms with van der Waals surface area (Å²) in [6, 6.07) is 9.73. The predicted molar refractivity (Wildman–Crippen MR) is 80.0 cm³/mol. The van der Waals surface area contributed by atoms with E-state index in [1.807, 2.05) is 35.2 Å². The monoisotopic (exact) mass is 289 g/mol. The Hall–Kier alpha value is -1.39. The normalized spacial score (nSPS) is 23.0. The van der Waals surface area contributed by atoms with Crippen LogP contribution in [-0.2, 0) is 9.53 Å². The van der Waals surface area contributed by atoms with Crippen LogP contribution in [0, 0.1) is 0 Å². The van der Waals surface area contributed by atoms with Crippen LogP contribution in [0.1, 0.15) is 37.2 Å². The summed E-state index contributed by atoms with van der Waals surface area (Å²) in [6.45, 7) is 2.42. The van der Waals surface area contributed by atoms with Gasteiger partial charge in [-0.3, -0.25) is 4.79 Å². The highest BCUT2D eigenvalue weighted by atomic mass is 16.5. The van der Waals surface area contributed by atoms with Crippen LogP contribution in [0.5, 0.6) is 0 Å². The van der Waals surface area contributed by atoms with Gasteiger partial charge in [0.25, 0.3) is 0 Å². The second kappa shape index (κ2) is 6.16. The van der Waals surface area contributed by atoms with Crippen molar-refractivity contribution in [2.45, 2.75) is 37.2 Å². The number of ether oxygens (including phenoxy) is 1. The Labute approximate surface area is 125 Å². The summed E-state index contributed by atoms with van der Waals surface area (Å²) in [5, 5.41) is 11.0. The minimum absolute atomic E-state index is 0.0499. The molecule has 1 aromatic rings. The molecule has 0 aromatic heterocycles. The first kappa shape index (κ1) is 14.5. The van der Waals surface area contributed by atoms with E-state index in [9.17, 15) is 9.90 Å². The lowest BCUT2D eigenvalue weighted by atomic mass is 9.79. The van der Waals surface area contributed by atoms with E-state index in [1.54, 1.807) is 0 Å². The van der Waals surface area contributed by atoms with E-state index in [-0.39, 0.29) is 5.91 Å². The number of aliphatic hydroxyl groups is 1. The number of nitrogens with zero attached hydrogens (tertiary/aromatic N) is 1. The molecule has 2 aliphatic rings. The number of hydrogen-bond acceptors (Lipinski definition) is 3. The molecule has 1 heterocycles.